The molecule has 0 aliphatic carbocycles. The van der Waals surface area contributed by atoms with E-state index in [1.807, 2.05) is 0 Å². The van der Waals surface area contributed by atoms with E-state index in [-0.39, 0.29) is 41.0 Å². The number of alkyl halides is 5. The molecule has 4 heterocycles. The molecule has 0 saturated carbocycles. The molecule has 0 radical (unpaired) electrons. The summed E-state index contributed by atoms with van der Waals surface area (Å²) in [5.41, 5.74) is -0.529. The van der Waals surface area contributed by atoms with Gasteiger partial charge in [0, 0.05) is 30.3 Å². The number of fused-ring (bicyclic) bond motifs is 1. The second-order valence-electron chi connectivity index (χ2n) is 13.5. The standard InChI is InChI=1S/C34H33F5N6O6S/c1-32(2,3)51-31(47)42-25-17-52(48,49)27-11-7-21(28-43-44-29(50-28)22-13-33(35,36)18-40-15-22)12-26(27)45(30(25)46)16-19-4-10-24(41-14-19)20-5-8-23(9-6-20)34(37,38)39/h4-12,14,22,25,40H,13,15-18H2,1-3H3,(H,42,47)/t22?,25-/m0/s1. The fourth-order valence-electron chi connectivity index (χ4n) is 5.85. The Morgan fingerprint density at radius 1 is 1.06 bits per heavy atom. The number of ether oxygens (including phenoxy) is 1. The van der Waals surface area contributed by atoms with Gasteiger partial charge in [-0.05, 0) is 62.7 Å². The summed E-state index contributed by atoms with van der Waals surface area (Å²) < 4.78 is 106. The van der Waals surface area contributed by atoms with Crippen molar-refractivity contribution in [1.29, 1.82) is 0 Å². The van der Waals surface area contributed by atoms with E-state index < -0.39 is 75.8 Å². The number of halogens is 5. The van der Waals surface area contributed by atoms with Crippen molar-refractivity contribution in [2.45, 2.75) is 68.3 Å². The first-order valence-corrected chi connectivity index (χ1v) is 17.7. The van der Waals surface area contributed by atoms with Gasteiger partial charge in [0.05, 0.1) is 46.6 Å². The minimum atomic E-state index is -4.51. The normalized spacial score (nSPS) is 20.2. The van der Waals surface area contributed by atoms with Gasteiger partial charge in [-0.25, -0.2) is 22.0 Å². The summed E-state index contributed by atoms with van der Waals surface area (Å²) in [6, 6.07) is 9.92. The number of rotatable bonds is 6. The molecular formula is C34H33F5N6O6S. The van der Waals surface area contributed by atoms with Crippen molar-refractivity contribution in [2.75, 3.05) is 23.7 Å². The van der Waals surface area contributed by atoms with Gasteiger partial charge in [-0.2, -0.15) is 13.2 Å². The smallest absolute Gasteiger partial charge is 0.416 e. The van der Waals surface area contributed by atoms with Crippen LogP contribution < -0.4 is 15.5 Å². The predicted molar refractivity (Wildman–Crippen MR) is 176 cm³/mol. The molecule has 2 aromatic heterocycles. The summed E-state index contributed by atoms with van der Waals surface area (Å²) in [5, 5.41) is 13.0. The second-order valence-corrected chi connectivity index (χ2v) is 15.5. The molecule has 12 nitrogen and oxygen atoms in total. The maximum atomic E-state index is 14.2. The lowest BCUT2D eigenvalue weighted by Gasteiger charge is -2.27. The zero-order valence-electron chi connectivity index (χ0n) is 28.0. The average molecular weight is 749 g/mol. The number of aromatic nitrogens is 3. The Kier molecular flexibility index (Phi) is 9.58. The number of sulfone groups is 1. The summed E-state index contributed by atoms with van der Waals surface area (Å²) in [5.74, 6) is -5.51. The monoisotopic (exact) mass is 748 g/mol. The van der Waals surface area contributed by atoms with Crippen LogP contribution in [-0.4, -0.2) is 72.0 Å². The fraction of sp³-hybridized carbons (Fsp3) is 0.382. The van der Waals surface area contributed by atoms with Crippen LogP contribution in [0, 0.1) is 0 Å². The number of nitrogens with zero attached hydrogens (tertiary/aromatic N) is 4. The van der Waals surface area contributed by atoms with E-state index in [0.29, 0.717) is 16.8 Å². The number of amides is 2. The Morgan fingerprint density at radius 2 is 1.77 bits per heavy atom. The molecule has 4 aromatic rings. The molecule has 6 rings (SSSR count). The van der Waals surface area contributed by atoms with Gasteiger partial charge in [0.15, 0.2) is 9.84 Å². The van der Waals surface area contributed by atoms with Crippen LogP contribution in [0.25, 0.3) is 22.7 Å². The van der Waals surface area contributed by atoms with Crippen molar-refractivity contribution >= 4 is 27.5 Å². The van der Waals surface area contributed by atoms with Crippen LogP contribution in [0.4, 0.5) is 32.4 Å². The van der Waals surface area contributed by atoms with Crippen molar-refractivity contribution in [2.24, 2.45) is 0 Å². The summed E-state index contributed by atoms with van der Waals surface area (Å²) in [6.07, 6.45) is -4.65. The van der Waals surface area contributed by atoms with Crippen LogP contribution in [0.5, 0.6) is 0 Å². The molecule has 0 spiro atoms. The van der Waals surface area contributed by atoms with Crippen LogP contribution in [0.15, 0.2) is 70.1 Å². The van der Waals surface area contributed by atoms with Crippen LogP contribution in [0.1, 0.15) is 50.1 Å². The highest BCUT2D eigenvalue weighted by Gasteiger charge is 2.41. The van der Waals surface area contributed by atoms with Crippen LogP contribution in [-0.2, 0) is 32.1 Å². The van der Waals surface area contributed by atoms with Gasteiger partial charge < -0.3 is 24.7 Å². The van der Waals surface area contributed by atoms with Gasteiger partial charge in [0.2, 0.25) is 11.8 Å². The van der Waals surface area contributed by atoms with E-state index in [2.05, 4.69) is 25.8 Å². The molecule has 1 fully saturated rings. The maximum Gasteiger partial charge on any atom is 0.416 e. The van der Waals surface area contributed by atoms with Crippen molar-refractivity contribution in [3.63, 3.8) is 0 Å². The minimum absolute atomic E-state index is 0.0433. The third kappa shape index (κ3) is 8.22. The number of benzene rings is 2. The van der Waals surface area contributed by atoms with Crippen molar-refractivity contribution < 1.29 is 49.1 Å². The number of carbonyl (C=O) groups excluding carboxylic acids is 2. The van der Waals surface area contributed by atoms with Crippen molar-refractivity contribution in [3.05, 3.63) is 77.8 Å². The van der Waals surface area contributed by atoms with E-state index in [0.717, 1.165) is 17.0 Å². The predicted octanol–water partition coefficient (Wildman–Crippen LogP) is 5.74. The third-order valence-corrected chi connectivity index (χ3v) is 10.0. The summed E-state index contributed by atoms with van der Waals surface area (Å²) in [7, 11) is -4.24. The van der Waals surface area contributed by atoms with E-state index >= 15 is 0 Å². The molecule has 2 aromatic carbocycles. The van der Waals surface area contributed by atoms with Crippen LogP contribution in [0.3, 0.4) is 0 Å². The van der Waals surface area contributed by atoms with E-state index in [1.165, 1.54) is 42.6 Å². The number of hydrogen-bond donors (Lipinski definition) is 2. The lowest BCUT2D eigenvalue weighted by molar-refractivity contribution is -0.137. The highest BCUT2D eigenvalue weighted by molar-refractivity contribution is 7.91. The van der Waals surface area contributed by atoms with Crippen molar-refractivity contribution in [1.82, 2.24) is 25.8 Å². The molecular weight excluding hydrogens is 715 g/mol. The molecule has 1 unspecified atom stereocenters. The Bertz CT molecular complexity index is 2080. The fourth-order valence-corrected chi connectivity index (χ4v) is 7.46. The van der Waals surface area contributed by atoms with Crippen LogP contribution in [0.2, 0.25) is 0 Å². The van der Waals surface area contributed by atoms with Gasteiger partial charge in [-0.3, -0.25) is 9.78 Å². The van der Waals surface area contributed by atoms with Gasteiger partial charge in [0.25, 0.3) is 11.8 Å². The Labute approximate surface area is 294 Å². The van der Waals surface area contributed by atoms with E-state index in [1.54, 1.807) is 26.8 Å². The number of hydrogen-bond acceptors (Lipinski definition) is 10. The molecule has 0 bridgehead atoms. The summed E-state index contributed by atoms with van der Waals surface area (Å²) >= 11 is 0. The molecule has 52 heavy (non-hydrogen) atoms. The number of alkyl carbamates (subject to hydrolysis) is 1. The number of nitrogens with one attached hydrogen (secondary N) is 2. The topological polar surface area (TPSA) is 157 Å². The molecule has 2 aliphatic rings. The molecule has 1 saturated heterocycles. The SMILES string of the molecule is CC(C)(C)OC(=O)N[C@H]1CS(=O)(=O)c2ccc(-c3nnc(C4CNCC(F)(F)C4)o3)cc2N(Cc2ccc(-c3ccc(C(F)(F)F)cc3)nc2)C1=O. The zero-order valence-corrected chi connectivity index (χ0v) is 28.8. The largest absolute Gasteiger partial charge is 0.444 e. The summed E-state index contributed by atoms with van der Waals surface area (Å²) in [4.78, 5) is 32.2. The van der Waals surface area contributed by atoms with Gasteiger partial charge in [-0.15, -0.1) is 10.2 Å². The summed E-state index contributed by atoms with van der Waals surface area (Å²) in [6.45, 7) is 4.24. The first-order valence-electron chi connectivity index (χ1n) is 16.0. The lowest BCUT2D eigenvalue weighted by Crippen LogP contribution is -2.51. The molecule has 276 valence electrons. The van der Waals surface area contributed by atoms with E-state index in [9.17, 15) is 40.0 Å². The molecule has 2 atom stereocenters. The van der Waals surface area contributed by atoms with Gasteiger partial charge >= 0.3 is 12.3 Å². The second kappa shape index (κ2) is 13.5. The number of carbonyl (C=O) groups is 2. The number of pyridine rings is 1. The average Bonchev–Trinajstić information content (AvgIpc) is 3.53. The highest BCUT2D eigenvalue weighted by Crippen LogP contribution is 2.38. The molecule has 18 heteroatoms. The first-order chi connectivity index (χ1) is 24.3. The Morgan fingerprint density at radius 3 is 2.40 bits per heavy atom. The number of anilines is 1. The quantitative estimate of drug-likeness (QED) is 0.233. The van der Waals surface area contributed by atoms with Crippen LogP contribution >= 0.6 is 0 Å². The maximum absolute atomic E-state index is 14.2. The Balaban J connectivity index is 1.35. The lowest BCUT2D eigenvalue weighted by atomic mass is 9.97. The Hall–Kier alpha value is -4.97. The third-order valence-electron chi connectivity index (χ3n) is 8.26. The number of piperidine rings is 1. The van der Waals surface area contributed by atoms with Gasteiger partial charge in [-0.1, -0.05) is 18.2 Å². The zero-order chi connectivity index (χ0) is 37.6. The van der Waals surface area contributed by atoms with Gasteiger partial charge in [0.1, 0.15) is 11.6 Å². The molecule has 2 aliphatic heterocycles. The highest BCUT2D eigenvalue weighted by atomic mass is 32.2. The molecule has 2 N–H and O–H groups in total. The first kappa shape index (κ1) is 36.8. The van der Waals surface area contributed by atoms with Crippen molar-refractivity contribution in [3.8, 4) is 22.7 Å². The van der Waals surface area contributed by atoms with E-state index in [4.69, 9.17) is 9.15 Å². The molecule has 2 amide bonds. The minimum Gasteiger partial charge on any atom is -0.444 e.